The van der Waals surface area contributed by atoms with Crippen molar-refractivity contribution in [3.05, 3.63) is 70.8 Å². The molecule has 0 aliphatic carbocycles. The lowest BCUT2D eigenvalue weighted by Crippen LogP contribution is -2.16. The van der Waals surface area contributed by atoms with Gasteiger partial charge in [-0.2, -0.15) is 10.4 Å². The topological polar surface area (TPSA) is 133 Å². The summed E-state index contributed by atoms with van der Waals surface area (Å²) in [4.78, 5) is 16.6. The Kier molecular flexibility index (Phi) is 6.48. The molecule has 0 bridgehead atoms. The van der Waals surface area contributed by atoms with E-state index in [4.69, 9.17) is 16.4 Å². The zero-order valence-corrected chi connectivity index (χ0v) is 17.6. The highest BCUT2D eigenvalue weighted by atomic mass is 127. The average Bonchev–Trinajstić information content (AvgIpc) is 3.08. The number of aromatic nitrogens is 3. The van der Waals surface area contributed by atoms with Crippen molar-refractivity contribution in [2.45, 2.75) is 6.92 Å². The first-order valence-corrected chi connectivity index (χ1v) is 8.05. The van der Waals surface area contributed by atoms with Crippen LogP contribution in [0.15, 0.2) is 42.7 Å². The summed E-state index contributed by atoms with van der Waals surface area (Å²) in [6.45, 7) is 1.72. The number of pyridine rings is 1. The molecule has 0 saturated heterocycles. The van der Waals surface area contributed by atoms with Crippen LogP contribution in [0.1, 0.15) is 35.7 Å². The van der Waals surface area contributed by atoms with Crippen molar-refractivity contribution in [1.82, 2.24) is 14.8 Å². The second-order valence-corrected chi connectivity index (χ2v) is 6.01. The maximum atomic E-state index is 12.5. The number of rotatable bonds is 4. The van der Waals surface area contributed by atoms with Crippen LogP contribution in [-0.4, -0.2) is 26.4 Å². The van der Waals surface area contributed by atoms with E-state index in [2.05, 4.69) is 15.4 Å². The van der Waals surface area contributed by atoms with Gasteiger partial charge in [0, 0.05) is 39.2 Å². The van der Waals surface area contributed by atoms with Crippen LogP contribution in [0.3, 0.4) is 0 Å². The molecule has 2 heterocycles. The molecule has 3 aromatic rings. The molecule has 0 radical (unpaired) electrons. The van der Waals surface area contributed by atoms with Crippen molar-refractivity contribution >= 4 is 47.0 Å². The van der Waals surface area contributed by atoms with E-state index in [1.165, 1.54) is 6.20 Å². The molecule has 1 aromatic carbocycles. The number of carbonyl (C=O) groups excluding carboxylic acids is 1. The Morgan fingerprint density at radius 1 is 1.36 bits per heavy atom. The first-order chi connectivity index (χ1) is 12.9. The number of benzene rings is 1. The van der Waals surface area contributed by atoms with Crippen molar-refractivity contribution in [2.24, 2.45) is 7.05 Å². The number of amides is 1. The molecule has 0 fully saturated rings. The number of hydrogen-bond donors (Lipinski definition) is 3. The smallest absolute Gasteiger partial charge is 0.274 e. The van der Waals surface area contributed by atoms with Gasteiger partial charge in [-0.3, -0.25) is 14.9 Å². The fourth-order valence-corrected chi connectivity index (χ4v) is 2.60. The Morgan fingerprint density at radius 3 is 2.71 bits per heavy atom. The molecule has 3 rings (SSSR count). The number of nitrogen functional groups attached to an aromatic ring is 1. The summed E-state index contributed by atoms with van der Waals surface area (Å²) in [6, 6.07) is 10.2. The summed E-state index contributed by atoms with van der Waals surface area (Å²) < 4.78 is 1.60. The van der Waals surface area contributed by atoms with E-state index in [1.54, 1.807) is 55.2 Å². The molecule has 0 saturated carbocycles. The zero-order valence-electron chi connectivity index (χ0n) is 15.2. The van der Waals surface area contributed by atoms with Crippen LogP contribution < -0.4 is 11.1 Å². The van der Waals surface area contributed by atoms with Gasteiger partial charge in [0.15, 0.2) is 0 Å². The summed E-state index contributed by atoms with van der Waals surface area (Å²) in [5.74, 6) is -0.405. The van der Waals surface area contributed by atoms with E-state index < -0.39 is 5.91 Å². The third-order valence-electron chi connectivity index (χ3n) is 3.97. The van der Waals surface area contributed by atoms with Gasteiger partial charge in [0.1, 0.15) is 17.5 Å². The Labute approximate surface area is 181 Å². The largest absolute Gasteiger partial charge is 0.398 e. The number of aryl methyl sites for hydroxylation is 2. The Bertz CT molecular complexity index is 1110. The van der Waals surface area contributed by atoms with Gasteiger partial charge in [-0.15, -0.1) is 24.0 Å². The minimum absolute atomic E-state index is 0. The minimum atomic E-state index is -0.405. The maximum absolute atomic E-state index is 12.5. The van der Waals surface area contributed by atoms with Crippen LogP contribution in [0.4, 0.5) is 11.4 Å². The van der Waals surface area contributed by atoms with E-state index in [0.717, 1.165) is 0 Å². The molecule has 4 N–H and O–H groups in total. The third-order valence-corrected chi connectivity index (χ3v) is 3.97. The van der Waals surface area contributed by atoms with Crippen LogP contribution in [0, 0.1) is 23.7 Å². The van der Waals surface area contributed by atoms with Gasteiger partial charge < -0.3 is 11.1 Å². The lowest BCUT2D eigenvalue weighted by Gasteiger charge is -2.11. The number of nitriles is 1. The molecule has 8 nitrogen and oxygen atoms in total. The molecule has 146 valence electrons. The predicted octanol–water partition coefficient (Wildman–Crippen LogP) is 3.36. The second kappa shape index (κ2) is 8.62. The maximum Gasteiger partial charge on any atom is 0.274 e. The van der Waals surface area contributed by atoms with Crippen molar-refractivity contribution in [3.8, 4) is 6.07 Å². The Balaban J connectivity index is 0.00000280. The number of nitrogens with one attached hydrogen (secondary N) is 2. The summed E-state index contributed by atoms with van der Waals surface area (Å²) in [7, 11) is 1.77. The summed E-state index contributed by atoms with van der Waals surface area (Å²) >= 11 is 0. The summed E-state index contributed by atoms with van der Waals surface area (Å²) in [5.41, 5.74) is 9.23. The Morgan fingerprint density at radius 2 is 2.11 bits per heavy atom. The molecule has 0 aliphatic rings. The minimum Gasteiger partial charge on any atom is -0.398 e. The van der Waals surface area contributed by atoms with Crippen molar-refractivity contribution < 1.29 is 7.65 Å². The highest BCUT2D eigenvalue weighted by Crippen LogP contribution is 2.21. The van der Waals surface area contributed by atoms with Gasteiger partial charge in [-0.25, -0.2) is 4.98 Å². The summed E-state index contributed by atoms with van der Waals surface area (Å²) in [5, 5.41) is 24.2. The molecule has 2 aromatic heterocycles. The fourth-order valence-electron chi connectivity index (χ4n) is 2.60. The predicted molar refractivity (Wildman–Crippen MR) is 121 cm³/mol. The number of anilines is 2. The van der Waals surface area contributed by atoms with Crippen LogP contribution in [0.5, 0.6) is 0 Å². The number of nitrogens with two attached hydrogens (primary N) is 1. The van der Waals surface area contributed by atoms with E-state index >= 15 is 0 Å². The van der Waals surface area contributed by atoms with Gasteiger partial charge in [-0.05, 0) is 42.8 Å². The normalized spacial score (nSPS) is 9.89. The van der Waals surface area contributed by atoms with E-state index in [0.29, 0.717) is 33.8 Å². The van der Waals surface area contributed by atoms with Crippen LogP contribution in [0.2, 0.25) is 0 Å². The highest BCUT2D eigenvalue weighted by molar-refractivity contribution is 14.0. The number of halogens is 1. The zero-order chi connectivity index (χ0) is 19.6. The van der Waals surface area contributed by atoms with Crippen molar-refractivity contribution in [1.29, 1.82) is 10.7 Å². The molecular weight excluding hydrogens is 469 g/mol. The fraction of sp³-hybridized carbons (Fsp3) is 0.105. The average molecular weight is 491 g/mol. The molecule has 0 spiro atoms. The van der Waals surface area contributed by atoms with Gasteiger partial charge in [-0.1, -0.05) is 0 Å². The lowest BCUT2D eigenvalue weighted by molar-refractivity contribution is 0.102. The van der Waals surface area contributed by atoms with Crippen molar-refractivity contribution in [2.75, 3.05) is 11.1 Å². The van der Waals surface area contributed by atoms with E-state index in [-0.39, 0.29) is 38.2 Å². The van der Waals surface area contributed by atoms with Crippen molar-refractivity contribution in [3.63, 3.8) is 0 Å². The van der Waals surface area contributed by atoms with Gasteiger partial charge in [0.05, 0.1) is 11.3 Å². The highest BCUT2D eigenvalue weighted by Gasteiger charge is 2.15. The third kappa shape index (κ3) is 4.34. The van der Waals surface area contributed by atoms with E-state index in [1.807, 2.05) is 6.07 Å². The Hall–Kier alpha value is -3.26. The number of hydrogen-bond acceptors (Lipinski definition) is 6. The van der Waals surface area contributed by atoms with Crippen LogP contribution in [-0.2, 0) is 7.05 Å². The first-order valence-electron chi connectivity index (χ1n) is 8.05. The van der Waals surface area contributed by atoms with Gasteiger partial charge in [0.25, 0.3) is 5.91 Å². The molecule has 0 unspecified atom stereocenters. The van der Waals surface area contributed by atoms with Gasteiger partial charge >= 0.3 is 0 Å². The first kappa shape index (κ1) is 21.0. The van der Waals surface area contributed by atoms with Crippen LogP contribution in [0.25, 0.3) is 0 Å². The van der Waals surface area contributed by atoms with Gasteiger partial charge in [0.2, 0.25) is 0 Å². The van der Waals surface area contributed by atoms with Crippen LogP contribution >= 0.6 is 24.0 Å². The molecule has 28 heavy (non-hydrogen) atoms. The molecule has 9 heteroatoms. The lowest BCUT2D eigenvalue weighted by atomic mass is 10.0. The summed E-state index contributed by atoms with van der Waals surface area (Å²) in [6.07, 6.45) is 3.10. The number of nitrogens with zero attached hydrogens (tertiary/aromatic N) is 4. The molecule has 0 aliphatic heterocycles. The SMILES string of the molecule is Cc1cc(C#N)cnc1C(=O)Nc1ccc(N)c(C(=N)c2ccn(C)n2)c1.I.[HH].[HH]. The molecule has 1 amide bonds. The molecule has 0 atom stereocenters. The quantitative estimate of drug-likeness (QED) is 0.293. The molecular formula is C19H22IN7O. The number of carbonyl (C=O) groups is 1. The van der Waals surface area contributed by atoms with E-state index in [9.17, 15) is 4.79 Å². The second-order valence-electron chi connectivity index (χ2n) is 6.01. The standard InChI is InChI=1S/C19H17N7O.HI.2H2/c1-11-7-12(9-20)10-23-18(11)19(27)24-13-3-4-15(21)14(8-13)17(22)16-5-6-26(2)25-16;;;/h3-8,10,22H,21H2,1-2H3,(H,24,27);3*1H. The monoisotopic (exact) mass is 491 g/mol.